The maximum atomic E-state index is 12.1. The summed E-state index contributed by atoms with van der Waals surface area (Å²) >= 11 is 0. The number of carboxylic acids is 1. The van der Waals surface area contributed by atoms with E-state index in [9.17, 15) is 19.9 Å². The van der Waals surface area contributed by atoms with Crippen LogP contribution in [0.1, 0.15) is 26.6 Å². The van der Waals surface area contributed by atoms with E-state index in [4.69, 9.17) is 9.15 Å². The van der Waals surface area contributed by atoms with Crippen LogP contribution < -0.4 is 9.47 Å². The first-order valence-electron chi connectivity index (χ1n) is 7.66. The number of furan rings is 1. The Morgan fingerprint density at radius 3 is 2.58 bits per heavy atom. The minimum atomic E-state index is -1.13. The van der Waals surface area contributed by atoms with Crippen LogP contribution in [-0.2, 0) is 0 Å². The molecule has 8 heteroatoms. The number of aromatic nitrogens is 1. The smallest absolute Gasteiger partial charge is 0.335 e. The van der Waals surface area contributed by atoms with Gasteiger partial charge in [-0.05, 0) is 31.2 Å². The Hall–Kier alpha value is -3.55. The van der Waals surface area contributed by atoms with Gasteiger partial charge in [-0.25, -0.2) is 4.79 Å². The summed E-state index contributed by atoms with van der Waals surface area (Å²) in [6.45, 7) is 1.73. The lowest BCUT2D eigenvalue weighted by atomic mass is 10.1. The van der Waals surface area contributed by atoms with Crippen molar-refractivity contribution in [1.82, 2.24) is 4.90 Å². The van der Waals surface area contributed by atoms with E-state index in [2.05, 4.69) is 0 Å². The number of benzene rings is 1. The summed E-state index contributed by atoms with van der Waals surface area (Å²) in [6.07, 6.45) is 1.11. The number of fused-ring (bicyclic) bond motifs is 1. The fourth-order valence-electron chi connectivity index (χ4n) is 2.49. The van der Waals surface area contributed by atoms with E-state index in [1.165, 1.54) is 29.2 Å². The zero-order valence-electron chi connectivity index (χ0n) is 14.3. The zero-order valence-corrected chi connectivity index (χ0v) is 14.3. The molecule has 134 valence electrons. The number of carbonyl (C=O) groups excluding carboxylic acids is 1. The average Bonchev–Trinajstić information content (AvgIpc) is 2.94. The van der Waals surface area contributed by atoms with Gasteiger partial charge in [0.1, 0.15) is 17.1 Å². The van der Waals surface area contributed by atoms with Crippen LogP contribution in [0.15, 0.2) is 40.9 Å². The largest absolute Gasteiger partial charge is 0.618 e. The van der Waals surface area contributed by atoms with Crippen LogP contribution in [0.2, 0.25) is 0 Å². The Morgan fingerprint density at radius 1 is 1.23 bits per heavy atom. The molecule has 0 saturated heterocycles. The van der Waals surface area contributed by atoms with Crippen molar-refractivity contribution in [3.8, 4) is 11.5 Å². The molecule has 0 aliphatic rings. The van der Waals surface area contributed by atoms with Gasteiger partial charge in [-0.15, -0.1) is 0 Å². The first kappa shape index (κ1) is 17.3. The van der Waals surface area contributed by atoms with E-state index in [1.54, 1.807) is 27.1 Å². The molecular formula is C18H16N2O6. The number of rotatable bonds is 4. The molecule has 1 aromatic carbocycles. The molecule has 0 aliphatic carbocycles. The minimum absolute atomic E-state index is 0.00347. The Bertz CT molecular complexity index is 1020. The highest BCUT2D eigenvalue weighted by Gasteiger charge is 2.20. The third kappa shape index (κ3) is 3.16. The molecule has 1 amide bonds. The number of hydrogen-bond donors (Lipinski definition) is 1. The normalized spacial score (nSPS) is 10.7. The number of hydrogen-bond acceptors (Lipinski definition) is 5. The van der Waals surface area contributed by atoms with E-state index in [0.29, 0.717) is 21.5 Å². The summed E-state index contributed by atoms with van der Waals surface area (Å²) in [7, 11) is 3.09. The number of aromatic carboxylic acids is 1. The second-order valence-corrected chi connectivity index (χ2v) is 5.93. The highest BCUT2D eigenvalue weighted by atomic mass is 16.5. The molecule has 26 heavy (non-hydrogen) atoms. The number of nitrogens with zero attached hydrogens (tertiary/aromatic N) is 2. The third-order valence-electron chi connectivity index (χ3n) is 3.71. The lowest BCUT2D eigenvalue weighted by Gasteiger charge is -2.11. The molecule has 0 fully saturated rings. The Kier molecular flexibility index (Phi) is 4.25. The molecule has 2 aromatic heterocycles. The van der Waals surface area contributed by atoms with Crippen LogP contribution >= 0.6 is 0 Å². The van der Waals surface area contributed by atoms with Crippen molar-refractivity contribution in [2.45, 2.75) is 6.92 Å². The van der Waals surface area contributed by atoms with E-state index < -0.39 is 11.9 Å². The van der Waals surface area contributed by atoms with Gasteiger partial charge in [0.25, 0.3) is 5.69 Å². The molecular weight excluding hydrogens is 340 g/mol. The lowest BCUT2D eigenvalue weighted by molar-refractivity contribution is -0.608. The number of aryl methyl sites for hydroxylation is 1. The van der Waals surface area contributed by atoms with Crippen molar-refractivity contribution in [2.75, 3.05) is 14.1 Å². The first-order chi connectivity index (χ1) is 12.3. The van der Waals surface area contributed by atoms with Gasteiger partial charge in [0.2, 0.25) is 6.20 Å². The highest BCUT2D eigenvalue weighted by molar-refractivity contribution is 5.96. The molecule has 0 saturated carbocycles. The molecule has 0 atom stereocenters. The van der Waals surface area contributed by atoms with Gasteiger partial charge in [0.15, 0.2) is 5.75 Å². The Balaban J connectivity index is 2.02. The van der Waals surface area contributed by atoms with Crippen LogP contribution in [0.25, 0.3) is 11.0 Å². The fourth-order valence-corrected chi connectivity index (χ4v) is 2.49. The second kappa shape index (κ2) is 6.40. The maximum Gasteiger partial charge on any atom is 0.335 e. The number of pyridine rings is 1. The molecule has 1 N–H and O–H groups in total. The first-order valence-corrected chi connectivity index (χ1v) is 7.66. The monoisotopic (exact) mass is 356 g/mol. The SMILES string of the molecule is Cc1cc2c(Oc3ccc(C(=O)N(C)C)[n+]([O-])c3)cc(C(=O)O)cc2o1. The van der Waals surface area contributed by atoms with Crippen LogP contribution in [0, 0.1) is 12.1 Å². The summed E-state index contributed by atoms with van der Waals surface area (Å²) < 4.78 is 11.6. The number of carbonyl (C=O) groups is 2. The Labute approximate surface area is 148 Å². The molecule has 0 spiro atoms. The minimum Gasteiger partial charge on any atom is -0.618 e. The topological polar surface area (TPSA) is 107 Å². The molecule has 0 radical (unpaired) electrons. The zero-order chi connectivity index (χ0) is 19.0. The van der Waals surface area contributed by atoms with E-state index in [-0.39, 0.29) is 22.8 Å². The molecule has 3 aromatic rings. The predicted octanol–water partition coefficient (Wildman–Crippen LogP) is 2.57. The molecule has 0 bridgehead atoms. The maximum absolute atomic E-state index is 12.1. The van der Waals surface area contributed by atoms with Crippen molar-refractivity contribution in [3.63, 3.8) is 0 Å². The number of amides is 1. The Morgan fingerprint density at radius 2 is 1.96 bits per heavy atom. The van der Waals surface area contributed by atoms with Gasteiger partial charge in [-0.3, -0.25) is 4.79 Å². The van der Waals surface area contributed by atoms with Gasteiger partial charge in [0.05, 0.1) is 10.9 Å². The van der Waals surface area contributed by atoms with Gasteiger partial charge in [-0.1, -0.05) is 0 Å². The van der Waals surface area contributed by atoms with Gasteiger partial charge < -0.3 is 24.4 Å². The van der Waals surface area contributed by atoms with Crippen molar-refractivity contribution in [1.29, 1.82) is 0 Å². The molecule has 0 aliphatic heterocycles. The van der Waals surface area contributed by atoms with Crippen LogP contribution in [-0.4, -0.2) is 36.0 Å². The van der Waals surface area contributed by atoms with Gasteiger partial charge >= 0.3 is 11.9 Å². The van der Waals surface area contributed by atoms with Crippen molar-refractivity contribution in [2.24, 2.45) is 0 Å². The third-order valence-corrected chi connectivity index (χ3v) is 3.71. The fraction of sp³-hybridized carbons (Fsp3) is 0.167. The summed E-state index contributed by atoms with van der Waals surface area (Å²) in [5.41, 5.74) is 0.314. The summed E-state index contributed by atoms with van der Waals surface area (Å²) in [5.74, 6) is -0.566. The summed E-state index contributed by atoms with van der Waals surface area (Å²) in [6, 6.07) is 7.30. The number of carboxylic acid groups (broad SMARTS) is 1. The van der Waals surface area contributed by atoms with E-state index in [1.807, 2.05) is 0 Å². The van der Waals surface area contributed by atoms with Crippen LogP contribution in [0.5, 0.6) is 11.5 Å². The molecule has 2 heterocycles. The van der Waals surface area contributed by atoms with Crippen LogP contribution in [0.4, 0.5) is 0 Å². The summed E-state index contributed by atoms with van der Waals surface area (Å²) in [5, 5.41) is 21.9. The standard InChI is InChI=1S/C18H16N2O6/c1-10-6-13-15(25-10)7-11(18(22)23)8-16(13)26-12-4-5-14(20(24)9-12)17(21)19(2)3/h4-9H,1-3H3,(H,22,23). The quantitative estimate of drug-likeness (QED) is 0.569. The van der Waals surface area contributed by atoms with Crippen LogP contribution in [0.3, 0.4) is 0 Å². The molecule has 8 nitrogen and oxygen atoms in total. The van der Waals surface area contributed by atoms with Crippen molar-refractivity contribution < 1.29 is 28.6 Å². The summed E-state index contributed by atoms with van der Waals surface area (Å²) in [4.78, 5) is 24.5. The molecule has 0 unspecified atom stereocenters. The van der Waals surface area contributed by atoms with Gasteiger partial charge in [0, 0.05) is 20.2 Å². The lowest BCUT2D eigenvalue weighted by Crippen LogP contribution is -2.38. The van der Waals surface area contributed by atoms with E-state index >= 15 is 0 Å². The molecule has 3 rings (SSSR count). The predicted molar refractivity (Wildman–Crippen MR) is 91.4 cm³/mol. The van der Waals surface area contributed by atoms with Gasteiger partial charge in [-0.2, -0.15) is 4.73 Å². The second-order valence-electron chi connectivity index (χ2n) is 5.93. The van der Waals surface area contributed by atoms with Crippen molar-refractivity contribution in [3.05, 3.63) is 58.8 Å². The van der Waals surface area contributed by atoms with E-state index in [0.717, 1.165) is 6.20 Å². The average molecular weight is 356 g/mol. The number of ether oxygens (including phenoxy) is 1. The van der Waals surface area contributed by atoms with Crippen molar-refractivity contribution >= 4 is 22.8 Å². The highest BCUT2D eigenvalue weighted by Crippen LogP contribution is 2.33.